The summed E-state index contributed by atoms with van der Waals surface area (Å²) in [6.07, 6.45) is 11.3. The molecule has 2 aromatic rings. The molecule has 1 aromatic heterocycles. The van der Waals surface area contributed by atoms with Gasteiger partial charge in [0.15, 0.2) is 0 Å². The zero-order chi connectivity index (χ0) is 13.8. The smallest absolute Gasteiger partial charge is 0.0935 e. The highest BCUT2D eigenvalue weighted by Crippen LogP contribution is 2.32. The van der Waals surface area contributed by atoms with E-state index >= 15 is 0 Å². The van der Waals surface area contributed by atoms with Crippen LogP contribution in [-0.2, 0) is 0 Å². The van der Waals surface area contributed by atoms with Gasteiger partial charge in [0.2, 0.25) is 0 Å². The predicted molar refractivity (Wildman–Crippen MR) is 80.8 cm³/mol. The van der Waals surface area contributed by atoms with E-state index in [9.17, 15) is 0 Å². The number of hydrogen-bond donors (Lipinski definition) is 2. The van der Waals surface area contributed by atoms with E-state index in [0.29, 0.717) is 0 Å². The maximum absolute atomic E-state index is 5.78. The van der Waals surface area contributed by atoms with Crippen LogP contribution >= 0.6 is 0 Å². The zero-order valence-electron chi connectivity index (χ0n) is 11.8. The summed E-state index contributed by atoms with van der Waals surface area (Å²) < 4.78 is 0. The van der Waals surface area contributed by atoms with Crippen LogP contribution in [0.3, 0.4) is 0 Å². The highest BCUT2D eigenvalue weighted by Gasteiger charge is 2.19. The van der Waals surface area contributed by atoms with E-state index < -0.39 is 0 Å². The molecule has 0 bridgehead atoms. The fourth-order valence-corrected chi connectivity index (χ4v) is 3.33. The average Bonchev–Trinajstić information content (AvgIpc) is 3.01. The molecule has 3 rings (SSSR count). The molecule has 1 saturated carbocycles. The first kappa shape index (κ1) is 13.5. The fraction of sp³-hybridized carbons (Fsp3) is 0.500. The molecule has 1 unspecified atom stereocenters. The Morgan fingerprint density at radius 3 is 2.80 bits per heavy atom. The molecule has 4 heteroatoms. The van der Waals surface area contributed by atoms with Crippen LogP contribution in [0, 0.1) is 5.92 Å². The maximum atomic E-state index is 5.78. The lowest BCUT2D eigenvalue weighted by atomic mass is 9.94. The van der Waals surface area contributed by atoms with E-state index in [1.807, 2.05) is 12.1 Å². The molecular weight excluding hydrogens is 248 g/mol. The van der Waals surface area contributed by atoms with E-state index in [2.05, 4.69) is 21.5 Å². The van der Waals surface area contributed by atoms with Crippen molar-refractivity contribution >= 4 is 11.0 Å². The van der Waals surface area contributed by atoms with Crippen LogP contribution in [0.4, 0.5) is 0 Å². The number of nitrogens with two attached hydrogens (primary N) is 1. The Labute approximate surface area is 119 Å². The van der Waals surface area contributed by atoms with Gasteiger partial charge in [0.25, 0.3) is 0 Å². The molecule has 1 aliphatic rings. The van der Waals surface area contributed by atoms with Crippen LogP contribution in [0.25, 0.3) is 11.0 Å². The second-order valence-corrected chi connectivity index (χ2v) is 5.72. The minimum atomic E-state index is 0.163. The normalized spacial score (nSPS) is 17.6. The standard InChI is InChI=1S/C16H22N4/c17-20-14(9-8-12-4-1-2-5-12)13-6-3-7-15-16(13)19-11-10-18-15/h3,6-7,10-12,14,20H,1-2,4-5,8-9,17H2. The summed E-state index contributed by atoms with van der Waals surface area (Å²) in [6.45, 7) is 0. The summed E-state index contributed by atoms with van der Waals surface area (Å²) in [6, 6.07) is 6.30. The van der Waals surface area contributed by atoms with Gasteiger partial charge < -0.3 is 0 Å². The third-order valence-corrected chi connectivity index (χ3v) is 4.44. The van der Waals surface area contributed by atoms with Gasteiger partial charge in [0.05, 0.1) is 11.0 Å². The summed E-state index contributed by atoms with van der Waals surface area (Å²) in [7, 11) is 0. The Morgan fingerprint density at radius 2 is 2.00 bits per heavy atom. The molecule has 0 radical (unpaired) electrons. The van der Waals surface area contributed by atoms with Gasteiger partial charge in [-0.2, -0.15) is 0 Å². The van der Waals surface area contributed by atoms with Crippen LogP contribution in [0.2, 0.25) is 0 Å². The van der Waals surface area contributed by atoms with Crippen molar-refractivity contribution in [1.29, 1.82) is 0 Å². The van der Waals surface area contributed by atoms with Crippen molar-refractivity contribution in [3.8, 4) is 0 Å². The van der Waals surface area contributed by atoms with Crippen LogP contribution < -0.4 is 11.3 Å². The number of aromatic nitrogens is 2. The molecule has 0 spiro atoms. The largest absolute Gasteiger partial charge is 0.271 e. The number of nitrogens with zero attached hydrogens (tertiary/aromatic N) is 2. The van der Waals surface area contributed by atoms with E-state index in [1.165, 1.54) is 32.1 Å². The van der Waals surface area contributed by atoms with Gasteiger partial charge in [0.1, 0.15) is 0 Å². The van der Waals surface area contributed by atoms with Crippen molar-refractivity contribution in [3.63, 3.8) is 0 Å². The van der Waals surface area contributed by atoms with Gasteiger partial charge in [-0.1, -0.05) is 37.8 Å². The van der Waals surface area contributed by atoms with E-state index in [0.717, 1.165) is 28.9 Å². The number of rotatable bonds is 5. The third kappa shape index (κ3) is 2.81. The molecule has 1 aromatic carbocycles. The van der Waals surface area contributed by atoms with Gasteiger partial charge in [-0.3, -0.25) is 21.2 Å². The minimum Gasteiger partial charge on any atom is -0.271 e. The van der Waals surface area contributed by atoms with Crippen LogP contribution in [0.1, 0.15) is 50.1 Å². The lowest BCUT2D eigenvalue weighted by molar-refractivity contribution is 0.417. The van der Waals surface area contributed by atoms with Crippen molar-refractivity contribution in [1.82, 2.24) is 15.4 Å². The van der Waals surface area contributed by atoms with Crippen LogP contribution in [0.15, 0.2) is 30.6 Å². The Kier molecular flexibility index (Phi) is 4.23. The van der Waals surface area contributed by atoms with E-state index in [1.54, 1.807) is 12.4 Å². The predicted octanol–water partition coefficient (Wildman–Crippen LogP) is 3.10. The summed E-state index contributed by atoms with van der Waals surface area (Å²) in [5, 5.41) is 0. The van der Waals surface area contributed by atoms with Crippen LogP contribution in [0.5, 0.6) is 0 Å². The molecule has 0 saturated heterocycles. The molecular formula is C16H22N4. The Hall–Kier alpha value is -1.52. The topological polar surface area (TPSA) is 63.8 Å². The number of benzene rings is 1. The number of para-hydroxylation sites is 1. The van der Waals surface area contributed by atoms with Gasteiger partial charge in [0, 0.05) is 18.4 Å². The second kappa shape index (κ2) is 6.29. The van der Waals surface area contributed by atoms with Crippen molar-refractivity contribution in [2.75, 3.05) is 0 Å². The summed E-state index contributed by atoms with van der Waals surface area (Å²) in [4.78, 5) is 8.84. The molecule has 20 heavy (non-hydrogen) atoms. The Bertz CT molecular complexity index is 558. The Balaban J connectivity index is 1.79. The molecule has 0 amide bonds. The molecule has 1 atom stereocenters. The van der Waals surface area contributed by atoms with E-state index in [-0.39, 0.29) is 6.04 Å². The number of hydrogen-bond acceptors (Lipinski definition) is 4. The number of nitrogens with one attached hydrogen (secondary N) is 1. The summed E-state index contributed by atoms with van der Waals surface area (Å²) >= 11 is 0. The lowest BCUT2D eigenvalue weighted by Crippen LogP contribution is -2.28. The maximum Gasteiger partial charge on any atom is 0.0935 e. The molecule has 4 nitrogen and oxygen atoms in total. The van der Waals surface area contributed by atoms with Crippen molar-refractivity contribution < 1.29 is 0 Å². The highest BCUT2D eigenvalue weighted by atomic mass is 15.2. The summed E-state index contributed by atoms with van der Waals surface area (Å²) in [5.74, 6) is 6.66. The monoisotopic (exact) mass is 270 g/mol. The van der Waals surface area contributed by atoms with Crippen molar-refractivity contribution in [2.24, 2.45) is 11.8 Å². The van der Waals surface area contributed by atoms with Gasteiger partial charge >= 0.3 is 0 Å². The molecule has 106 valence electrons. The first-order valence-electron chi connectivity index (χ1n) is 7.54. The molecule has 1 fully saturated rings. The number of fused-ring (bicyclic) bond motifs is 1. The Morgan fingerprint density at radius 1 is 1.20 bits per heavy atom. The fourth-order valence-electron chi connectivity index (χ4n) is 3.33. The molecule has 1 heterocycles. The van der Waals surface area contributed by atoms with Gasteiger partial charge in [-0.15, -0.1) is 0 Å². The zero-order valence-corrected chi connectivity index (χ0v) is 11.8. The van der Waals surface area contributed by atoms with Gasteiger partial charge in [-0.25, -0.2) is 0 Å². The van der Waals surface area contributed by atoms with Gasteiger partial charge in [-0.05, 0) is 30.4 Å². The molecule has 1 aliphatic carbocycles. The quantitative estimate of drug-likeness (QED) is 0.647. The third-order valence-electron chi connectivity index (χ3n) is 4.44. The first-order chi connectivity index (χ1) is 9.88. The highest BCUT2D eigenvalue weighted by molar-refractivity contribution is 5.78. The van der Waals surface area contributed by atoms with E-state index in [4.69, 9.17) is 5.84 Å². The van der Waals surface area contributed by atoms with Crippen molar-refractivity contribution in [2.45, 2.75) is 44.6 Å². The summed E-state index contributed by atoms with van der Waals surface area (Å²) in [5.41, 5.74) is 6.03. The molecule has 0 aliphatic heterocycles. The average molecular weight is 270 g/mol. The lowest BCUT2D eigenvalue weighted by Gasteiger charge is -2.19. The van der Waals surface area contributed by atoms with Crippen LogP contribution in [-0.4, -0.2) is 9.97 Å². The minimum absolute atomic E-state index is 0.163. The first-order valence-corrected chi connectivity index (χ1v) is 7.54. The molecule has 3 N–H and O–H groups in total. The SMILES string of the molecule is NNC(CCC1CCCC1)c1cccc2nccnc12. The van der Waals surface area contributed by atoms with Crippen molar-refractivity contribution in [3.05, 3.63) is 36.2 Å². The number of hydrazine groups is 1. The second-order valence-electron chi connectivity index (χ2n) is 5.72.